The molecular formula is C17H22FN5O. The van der Waals surface area contributed by atoms with Gasteiger partial charge in [-0.1, -0.05) is 6.07 Å². The van der Waals surface area contributed by atoms with Crippen LogP contribution < -0.4 is 10.6 Å². The molecule has 0 radical (unpaired) electrons. The highest BCUT2D eigenvalue weighted by Gasteiger charge is 2.10. The summed E-state index contributed by atoms with van der Waals surface area (Å²) < 4.78 is 15.1. The van der Waals surface area contributed by atoms with Crippen LogP contribution in [0.25, 0.3) is 0 Å². The first kappa shape index (κ1) is 17.5. The molecule has 2 rings (SSSR count). The van der Waals surface area contributed by atoms with Gasteiger partial charge in [0.1, 0.15) is 5.82 Å². The van der Waals surface area contributed by atoms with Crippen LogP contribution in [0.4, 0.5) is 10.1 Å². The third-order valence-corrected chi connectivity index (χ3v) is 3.54. The number of nitrogens with zero attached hydrogens (tertiary/aromatic N) is 3. The summed E-state index contributed by atoms with van der Waals surface area (Å²) in [4.78, 5) is 18.1. The first-order valence-electron chi connectivity index (χ1n) is 7.57. The van der Waals surface area contributed by atoms with E-state index >= 15 is 0 Å². The predicted molar refractivity (Wildman–Crippen MR) is 93.3 cm³/mol. The van der Waals surface area contributed by atoms with Crippen LogP contribution in [0, 0.1) is 5.82 Å². The third kappa shape index (κ3) is 4.84. The van der Waals surface area contributed by atoms with Gasteiger partial charge in [-0.05, 0) is 30.3 Å². The van der Waals surface area contributed by atoms with Crippen molar-refractivity contribution < 1.29 is 9.18 Å². The standard InChI is InChI=1S/C17H22FN5O/c1-19-17(23(3)12-15-8-5-9-22(15)2)20-11-16(24)21-14-7-4-6-13(18)10-14/h4-10H,11-12H2,1-3H3,(H,19,20)(H,21,24). The van der Waals surface area contributed by atoms with Gasteiger partial charge < -0.3 is 20.1 Å². The smallest absolute Gasteiger partial charge is 0.243 e. The number of nitrogens with one attached hydrogen (secondary N) is 2. The number of anilines is 1. The molecule has 0 fully saturated rings. The van der Waals surface area contributed by atoms with Crippen molar-refractivity contribution in [2.45, 2.75) is 6.54 Å². The number of aryl methyl sites for hydroxylation is 1. The van der Waals surface area contributed by atoms with Gasteiger partial charge in [-0.15, -0.1) is 0 Å². The molecule has 0 aliphatic heterocycles. The highest BCUT2D eigenvalue weighted by molar-refractivity contribution is 5.94. The molecule has 1 heterocycles. The second-order valence-corrected chi connectivity index (χ2v) is 5.43. The van der Waals surface area contributed by atoms with Gasteiger partial charge in [-0.25, -0.2) is 4.39 Å². The maximum Gasteiger partial charge on any atom is 0.243 e. The lowest BCUT2D eigenvalue weighted by molar-refractivity contribution is -0.115. The maximum atomic E-state index is 13.1. The zero-order chi connectivity index (χ0) is 17.5. The van der Waals surface area contributed by atoms with Crippen molar-refractivity contribution in [2.75, 3.05) is 26.0 Å². The number of rotatable bonds is 5. The predicted octanol–water partition coefficient (Wildman–Crippen LogP) is 1.81. The molecule has 0 saturated heterocycles. The molecule has 0 aliphatic rings. The molecule has 6 nitrogen and oxygen atoms in total. The van der Waals surface area contributed by atoms with Crippen molar-refractivity contribution in [3.8, 4) is 0 Å². The fourth-order valence-electron chi connectivity index (χ4n) is 2.29. The molecule has 1 aromatic heterocycles. The number of hydrogen-bond acceptors (Lipinski definition) is 2. The van der Waals surface area contributed by atoms with E-state index in [1.807, 2.05) is 41.9 Å². The first-order chi connectivity index (χ1) is 11.5. The van der Waals surface area contributed by atoms with E-state index in [1.165, 1.54) is 12.1 Å². The lowest BCUT2D eigenvalue weighted by Crippen LogP contribution is -2.42. The van der Waals surface area contributed by atoms with Crippen LogP contribution in [0.2, 0.25) is 0 Å². The largest absolute Gasteiger partial charge is 0.353 e. The zero-order valence-electron chi connectivity index (χ0n) is 14.1. The number of aliphatic imine (C=N–C) groups is 1. The van der Waals surface area contributed by atoms with Crippen molar-refractivity contribution in [2.24, 2.45) is 12.0 Å². The van der Waals surface area contributed by atoms with Crippen LogP contribution in [0.3, 0.4) is 0 Å². The number of benzene rings is 1. The summed E-state index contributed by atoms with van der Waals surface area (Å²) in [6.45, 7) is 0.704. The molecule has 0 saturated carbocycles. The van der Waals surface area contributed by atoms with Gasteiger partial charge in [0, 0.05) is 38.7 Å². The second kappa shape index (κ2) is 8.14. The van der Waals surface area contributed by atoms with Crippen LogP contribution in [0.5, 0.6) is 0 Å². The normalized spacial score (nSPS) is 11.2. The Morgan fingerprint density at radius 3 is 2.75 bits per heavy atom. The molecular weight excluding hydrogens is 309 g/mol. The molecule has 1 amide bonds. The zero-order valence-corrected chi connectivity index (χ0v) is 14.1. The average molecular weight is 331 g/mol. The Kier molecular flexibility index (Phi) is 5.95. The lowest BCUT2D eigenvalue weighted by Gasteiger charge is -2.22. The summed E-state index contributed by atoms with van der Waals surface area (Å²) in [7, 11) is 5.53. The molecule has 7 heteroatoms. The fraction of sp³-hybridized carbons (Fsp3) is 0.294. The number of guanidine groups is 1. The van der Waals surface area contributed by atoms with Crippen LogP contribution >= 0.6 is 0 Å². The molecule has 128 valence electrons. The maximum absolute atomic E-state index is 13.1. The van der Waals surface area contributed by atoms with Gasteiger partial charge in [-0.3, -0.25) is 9.79 Å². The van der Waals surface area contributed by atoms with Crippen molar-refractivity contribution in [3.63, 3.8) is 0 Å². The van der Waals surface area contributed by atoms with Gasteiger partial charge in [0.15, 0.2) is 5.96 Å². The minimum absolute atomic E-state index is 0.0423. The van der Waals surface area contributed by atoms with Crippen molar-refractivity contribution in [3.05, 3.63) is 54.1 Å². The SMILES string of the molecule is CN=C(NCC(=O)Nc1cccc(F)c1)N(C)Cc1cccn1C. The van der Waals surface area contributed by atoms with Gasteiger partial charge in [-0.2, -0.15) is 0 Å². The van der Waals surface area contributed by atoms with Crippen LogP contribution in [-0.2, 0) is 18.4 Å². The summed E-state index contributed by atoms with van der Waals surface area (Å²) in [5.74, 6) is -0.0570. The number of aromatic nitrogens is 1. The van der Waals surface area contributed by atoms with Gasteiger partial charge in [0.05, 0.1) is 13.1 Å². The van der Waals surface area contributed by atoms with Gasteiger partial charge in [0.2, 0.25) is 5.91 Å². The Labute approximate surface area is 141 Å². The molecule has 1 aromatic carbocycles. The van der Waals surface area contributed by atoms with Crippen molar-refractivity contribution in [1.29, 1.82) is 0 Å². The number of hydrogen-bond donors (Lipinski definition) is 2. The lowest BCUT2D eigenvalue weighted by atomic mass is 10.3. The van der Waals surface area contributed by atoms with Gasteiger partial charge in [0.25, 0.3) is 0 Å². The number of halogens is 1. The molecule has 2 aromatic rings. The molecule has 0 unspecified atom stereocenters. The van der Waals surface area contributed by atoms with Crippen molar-refractivity contribution in [1.82, 2.24) is 14.8 Å². The first-order valence-corrected chi connectivity index (χ1v) is 7.57. The molecule has 0 atom stereocenters. The van der Waals surface area contributed by atoms with E-state index in [-0.39, 0.29) is 18.3 Å². The molecule has 0 spiro atoms. The Balaban J connectivity index is 1.86. The highest BCUT2D eigenvalue weighted by Crippen LogP contribution is 2.08. The monoisotopic (exact) mass is 331 g/mol. The number of carbonyl (C=O) groups is 1. The summed E-state index contributed by atoms with van der Waals surface area (Å²) in [5.41, 5.74) is 1.55. The topological polar surface area (TPSA) is 61.7 Å². The van der Waals surface area contributed by atoms with E-state index in [2.05, 4.69) is 15.6 Å². The Morgan fingerprint density at radius 1 is 1.33 bits per heavy atom. The van der Waals surface area contributed by atoms with Crippen LogP contribution in [-0.4, -0.2) is 42.0 Å². The average Bonchev–Trinajstić information content (AvgIpc) is 2.93. The van der Waals surface area contributed by atoms with Crippen LogP contribution in [0.1, 0.15) is 5.69 Å². The minimum Gasteiger partial charge on any atom is -0.353 e. The van der Waals surface area contributed by atoms with Gasteiger partial charge >= 0.3 is 0 Å². The second-order valence-electron chi connectivity index (χ2n) is 5.43. The van der Waals surface area contributed by atoms with Crippen LogP contribution in [0.15, 0.2) is 47.6 Å². The summed E-state index contributed by atoms with van der Waals surface area (Å²) in [5, 5.41) is 5.63. The molecule has 24 heavy (non-hydrogen) atoms. The Morgan fingerprint density at radius 2 is 2.12 bits per heavy atom. The quantitative estimate of drug-likeness (QED) is 0.649. The minimum atomic E-state index is -0.390. The van der Waals surface area contributed by atoms with E-state index in [1.54, 1.807) is 19.2 Å². The summed E-state index contributed by atoms with van der Waals surface area (Å²) in [6, 6.07) is 9.79. The molecule has 2 N–H and O–H groups in total. The fourth-order valence-corrected chi connectivity index (χ4v) is 2.29. The molecule has 0 bridgehead atoms. The highest BCUT2D eigenvalue weighted by atomic mass is 19.1. The van der Waals surface area contributed by atoms with E-state index in [0.717, 1.165) is 5.69 Å². The molecule has 0 aliphatic carbocycles. The number of carbonyl (C=O) groups excluding carboxylic acids is 1. The summed E-state index contributed by atoms with van der Waals surface area (Å²) >= 11 is 0. The van der Waals surface area contributed by atoms with E-state index in [9.17, 15) is 9.18 Å². The Hall–Kier alpha value is -2.83. The third-order valence-electron chi connectivity index (χ3n) is 3.54. The van der Waals surface area contributed by atoms with E-state index < -0.39 is 0 Å². The summed E-state index contributed by atoms with van der Waals surface area (Å²) in [6.07, 6.45) is 1.98. The number of amides is 1. The van der Waals surface area contributed by atoms with E-state index in [4.69, 9.17) is 0 Å². The Bertz CT molecular complexity index is 725. The van der Waals surface area contributed by atoms with E-state index in [0.29, 0.717) is 18.2 Å². The van der Waals surface area contributed by atoms with Crippen molar-refractivity contribution >= 4 is 17.6 Å².